The number of hydrogen-bond donors (Lipinski definition) is 2. The fourth-order valence-corrected chi connectivity index (χ4v) is 3.28. The summed E-state index contributed by atoms with van der Waals surface area (Å²) in [4.78, 5) is 17.7. The zero-order valence-electron chi connectivity index (χ0n) is 14.2. The van der Waals surface area contributed by atoms with E-state index in [1.165, 1.54) is 11.3 Å². The van der Waals surface area contributed by atoms with E-state index >= 15 is 0 Å². The third kappa shape index (κ3) is 6.06. The van der Waals surface area contributed by atoms with Crippen LogP contribution >= 0.6 is 36.2 Å². The summed E-state index contributed by atoms with van der Waals surface area (Å²) in [5.74, 6) is -0.0682. The van der Waals surface area contributed by atoms with E-state index in [2.05, 4.69) is 29.5 Å². The number of aryl methyl sites for hydroxylation is 2. The normalized spacial score (nSPS) is 9.79. The van der Waals surface area contributed by atoms with Gasteiger partial charge in [0.1, 0.15) is 4.88 Å². The number of hydrogen-bond acceptors (Lipinski definition) is 4. The molecule has 0 atom stereocenters. The van der Waals surface area contributed by atoms with E-state index in [4.69, 9.17) is 0 Å². The van der Waals surface area contributed by atoms with E-state index in [9.17, 15) is 4.79 Å². The summed E-state index contributed by atoms with van der Waals surface area (Å²) in [7, 11) is 0. The van der Waals surface area contributed by atoms with E-state index in [1.54, 1.807) is 0 Å². The molecule has 2 aromatic rings. The zero-order chi connectivity index (χ0) is 15.9. The summed E-state index contributed by atoms with van der Waals surface area (Å²) < 4.78 is 0. The number of rotatable bonds is 7. The first-order chi connectivity index (χ1) is 10.7. The Morgan fingerprint density at radius 3 is 2.58 bits per heavy atom. The van der Waals surface area contributed by atoms with Crippen molar-refractivity contribution in [3.05, 3.63) is 45.4 Å². The fraction of sp³-hybridized carbons (Fsp3) is 0.412. The zero-order valence-corrected chi connectivity index (χ0v) is 16.7. The van der Waals surface area contributed by atoms with Crippen LogP contribution in [0.5, 0.6) is 0 Å². The van der Waals surface area contributed by atoms with Gasteiger partial charge in [-0.1, -0.05) is 32.0 Å². The first-order valence-corrected chi connectivity index (χ1v) is 8.53. The molecule has 2 rings (SSSR count). The van der Waals surface area contributed by atoms with Gasteiger partial charge in [0.25, 0.3) is 5.91 Å². The summed E-state index contributed by atoms with van der Waals surface area (Å²) in [6, 6.07) is 7.89. The van der Waals surface area contributed by atoms with Crippen LogP contribution in [0, 0.1) is 6.92 Å². The van der Waals surface area contributed by atoms with Crippen molar-refractivity contribution in [2.75, 3.05) is 11.9 Å². The van der Waals surface area contributed by atoms with Crippen molar-refractivity contribution in [1.82, 2.24) is 10.3 Å². The second-order valence-electron chi connectivity index (χ2n) is 5.16. The largest absolute Gasteiger partial charge is 0.321 e. The maximum absolute atomic E-state index is 12.5. The molecule has 134 valence electrons. The smallest absolute Gasteiger partial charge is 0.267 e. The van der Waals surface area contributed by atoms with Gasteiger partial charge in [-0.25, -0.2) is 4.98 Å². The van der Waals surface area contributed by atoms with Crippen molar-refractivity contribution in [3.63, 3.8) is 0 Å². The Morgan fingerprint density at radius 2 is 1.92 bits per heavy atom. The molecule has 0 spiro atoms. The van der Waals surface area contributed by atoms with Gasteiger partial charge in [-0.15, -0.1) is 36.2 Å². The van der Waals surface area contributed by atoms with E-state index < -0.39 is 0 Å². The molecule has 0 fully saturated rings. The number of carbonyl (C=O) groups is 1. The van der Waals surface area contributed by atoms with Crippen molar-refractivity contribution in [2.24, 2.45) is 0 Å². The number of aromatic nitrogens is 1. The first kappa shape index (κ1) is 22.9. The van der Waals surface area contributed by atoms with Gasteiger partial charge in [0.15, 0.2) is 0 Å². The number of nitrogens with one attached hydrogen (secondary N) is 2. The molecule has 0 radical (unpaired) electrons. The average molecular weight is 390 g/mol. The Balaban J connectivity index is 0.00000264. The molecule has 0 aliphatic heterocycles. The second-order valence-corrected chi connectivity index (χ2v) is 6.25. The average Bonchev–Trinajstić information content (AvgIpc) is 2.87. The molecule has 0 saturated heterocycles. The minimum absolute atomic E-state index is 0. The maximum atomic E-state index is 12.5. The fourth-order valence-electron chi connectivity index (χ4n) is 2.22. The number of halogens is 2. The minimum atomic E-state index is -0.0682. The van der Waals surface area contributed by atoms with Gasteiger partial charge < -0.3 is 10.6 Å². The number of para-hydroxylation sites is 1. The van der Waals surface area contributed by atoms with Crippen LogP contribution in [0.1, 0.15) is 46.2 Å². The van der Waals surface area contributed by atoms with Crippen LogP contribution in [0.3, 0.4) is 0 Å². The molecule has 0 aliphatic carbocycles. The number of benzene rings is 1. The molecule has 7 heteroatoms. The predicted molar refractivity (Wildman–Crippen MR) is 107 cm³/mol. The van der Waals surface area contributed by atoms with E-state index in [1.807, 2.05) is 31.2 Å². The third-order valence-corrected chi connectivity index (χ3v) is 4.56. The molecule has 1 aromatic heterocycles. The van der Waals surface area contributed by atoms with Gasteiger partial charge in [-0.3, -0.25) is 4.79 Å². The summed E-state index contributed by atoms with van der Waals surface area (Å²) in [5, 5.41) is 7.35. The maximum Gasteiger partial charge on any atom is 0.267 e. The summed E-state index contributed by atoms with van der Waals surface area (Å²) in [6.07, 6.45) is 1.97. The lowest BCUT2D eigenvalue weighted by Gasteiger charge is -2.10. The van der Waals surface area contributed by atoms with Crippen LogP contribution in [0.15, 0.2) is 24.3 Å². The molecule has 1 amide bonds. The molecular formula is C17H25Cl2N3OS. The molecule has 0 saturated carbocycles. The topological polar surface area (TPSA) is 54.0 Å². The summed E-state index contributed by atoms with van der Waals surface area (Å²) in [5.41, 5.74) is 2.77. The molecule has 0 bridgehead atoms. The van der Waals surface area contributed by atoms with Gasteiger partial charge >= 0.3 is 0 Å². The molecule has 1 heterocycles. The van der Waals surface area contributed by atoms with Crippen molar-refractivity contribution >= 4 is 47.7 Å². The minimum Gasteiger partial charge on any atom is -0.321 e. The quantitative estimate of drug-likeness (QED) is 0.726. The first-order valence-electron chi connectivity index (χ1n) is 7.72. The lowest BCUT2D eigenvalue weighted by atomic mass is 10.1. The lowest BCUT2D eigenvalue weighted by molar-refractivity contribution is 0.102. The Bertz CT molecular complexity index is 647. The van der Waals surface area contributed by atoms with E-state index in [-0.39, 0.29) is 30.7 Å². The predicted octanol–water partition coefficient (Wildman–Crippen LogP) is 4.61. The highest BCUT2D eigenvalue weighted by molar-refractivity contribution is 7.13. The number of carbonyl (C=O) groups excluding carboxylic acids is 1. The van der Waals surface area contributed by atoms with Gasteiger partial charge in [0.2, 0.25) is 0 Å². The second kappa shape index (κ2) is 11.4. The number of amides is 1. The molecule has 1 aromatic carbocycles. The highest BCUT2D eigenvalue weighted by Gasteiger charge is 2.16. The lowest BCUT2D eigenvalue weighted by Crippen LogP contribution is -2.17. The van der Waals surface area contributed by atoms with Crippen LogP contribution in [0.4, 0.5) is 5.69 Å². The number of thiazole rings is 1. The van der Waals surface area contributed by atoms with Gasteiger partial charge in [-0.2, -0.15) is 0 Å². The van der Waals surface area contributed by atoms with Crippen LogP contribution in [0.2, 0.25) is 0 Å². The van der Waals surface area contributed by atoms with Gasteiger partial charge in [0.05, 0.1) is 10.7 Å². The Morgan fingerprint density at radius 1 is 1.21 bits per heavy atom. The van der Waals surface area contributed by atoms with E-state index in [0.29, 0.717) is 4.88 Å². The van der Waals surface area contributed by atoms with Crippen molar-refractivity contribution in [2.45, 2.75) is 40.2 Å². The van der Waals surface area contributed by atoms with Crippen LogP contribution in [-0.4, -0.2) is 17.4 Å². The molecule has 24 heavy (non-hydrogen) atoms. The van der Waals surface area contributed by atoms with Crippen molar-refractivity contribution in [1.29, 1.82) is 0 Å². The number of nitrogens with zero attached hydrogens (tertiary/aromatic N) is 1. The molecule has 4 nitrogen and oxygen atoms in total. The Labute approximate surface area is 160 Å². The molecule has 2 N–H and O–H groups in total. The Hall–Kier alpha value is -1.14. The van der Waals surface area contributed by atoms with Gasteiger partial charge in [0, 0.05) is 12.2 Å². The van der Waals surface area contributed by atoms with Crippen LogP contribution in [-0.2, 0) is 13.0 Å². The van der Waals surface area contributed by atoms with Crippen molar-refractivity contribution < 1.29 is 4.79 Å². The molecular weight excluding hydrogens is 365 g/mol. The third-order valence-electron chi connectivity index (χ3n) is 3.34. The summed E-state index contributed by atoms with van der Waals surface area (Å²) in [6.45, 7) is 7.73. The molecule has 0 unspecified atom stereocenters. The van der Waals surface area contributed by atoms with Crippen molar-refractivity contribution in [3.8, 4) is 0 Å². The van der Waals surface area contributed by atoms with Crippen LogP contribution < -0.4 is 10.6 Å². The van der Waals surface area contributed by atoms with Crippen LogP contribution in [0.25, 0.3) is 0 Å². The standard InChI is InChI=1S/C17H23N3OS.2ClH/c1-4-8-15-19-12(3)16(22-15)17(21)20-14-10-7-6-9-13(14)11-18-5-2;;/h6-7,9-10,18H,4-5,8,11H2,1-3H3,(H,20,21);2*1H. The van der Waals surface area contributed by atoms with Gasteiger partial charge in [-0.05, 0) is 37.9 Å². The van der Waals surface area contributed by atoms with E-state index in [0.717, 1.165) is 47.9 Å². The SMILES string of the molecule is CCCc1nc(C)c(C(=O)Nc2ccccc2CNCC)s1.Cl.Cl. The Kier molecular flexibility index (Phi) is 10.9. The highest BCUT2D eigenvalue weighted by Crippen LogP contribution is 2.22. The summed E-state index contributed by atoms with van der Waals surface area (Å²) >= 11 is 1.50. The highest BCUT2D eigenvalue weighted by atomic mass is 35.5. The monoisotopic (exact) mass is 389 g/mol. The number of anilines is 1. The molecule has 0 aliphatic rings.